The smallest absolute Gasteiger partial charge is 0.329 e. The summed E-state index contributed by atoms with van der Waals surface area (Å²) in [4.78, 5) is 2.11. The van der Waals surface area contributed by atoms with Crippen LogP contribution in [-0.4, -0.2) is 24.5 Å². The number of halogens is 3. The minimum absolute atomic E-state index is 0.146. The van der Waals surface area contributed by atoms with Gasteiger partial charge >= 0.3 is 6.18 Å². The number of likely N-dealkylation sites (N-methyl/N-ethyl adjacent to an activating group) is 1. The number of hydrogen-bond acceptors (Lipinski definition) is 2. The van der Waals surface area contributed by atoms with E-state index >= 15 is 0 Å². The summed E-state index contributed by atoms with van der Waals surface area (Å²) in [5, 5.41) is 0. The van der Waals surface area contributed by atoms with E-state index < -0.39 is 11.7 Å². The number of nitrogens with two attached hydrogens (primary N) is 1. The molecule has 1 atom stereocenters. The first-order chi connectivity index (χ1) is 8.93. The fraction of sp³-hybridized carbons (Fsp3) is 0.571. The third kappa shape index (κ3) is 3.09. The monoisotopic (exact) mass is 272 g/mol. The molecule has 0 radical (unpaired) electrons. The van der Waals surface area contributed by atoms with Gasteiger partial charge in [-0.3, -0.25) is 4.90 Å². The van der Waals surface area contributed by atoms with Gasteiger partial charge in [-0.2, -0.15) is 13.2 Å². The second-order valence-electron chi connectivity index (χ2n) is 5.12. The summed E-state index contributed by atoms with van der Waals surface area (Å²) in [6, 6.07) is 5.79. The lowest BCUT2D eigenvalue weighted by molar-refractivity contribution is -0.137. The molecule has 2 nitrogen and oxygen atoms in total. The predicted molar refractivity (Wildman–Crippen MR) is 68.6 cm³/mol. The molecular weight excluding hydrogens is 253 g/mol. The van der Waals surface area contributed by atoms with Crippen LogP contribution in [0.5, 0.6) is 0 Å². The number of nitrogens with zero attached hydrogens (tertiary/aromatic N) is 1. The molecule has 0 amide bonds. The van der Waals surface area contributed by atoms with Crippen LogP contribution in [-0.2, 0) is 6.18 Å². The van der Waals surface area contributed by atoms with Crippen molar-refractivity contribution in [1.82, 2.24) is 4.90 Å². The Labute approximate surface area is 111 Å². The molecule has 0 heterocycles. The average molecular weight is 272 g/mol. The first-order valence-corrected chi connectivity index (χ1v) is 6.52. The molecule has 1 saturated carbocycles. The van der Waals surface area contributed by atoms with E-state index in [1.807, 2.05) is 7.05 Å². The van der Waals surface area contributed by atoms with Crippen LogP contribution >= 0.6 is 0 Å². The van der Waals surface area contributed by atoms with Gasteiger partial charge in [0.05, 0.1) is 5.56 Å². The molecule has 19 heavy (non-hydrogen) atoms. The molecular formula is C14H19F3N2. The van der Waals surface area contributed by atoms with Gasteiger partial charge in [0, 0.05) is 18.6 Å². The largest absolute Gasteiger partial charge is 0.416 e. The molecule has 106 valence electrons. The third-order valence-electron chi connectivity index (χ3n) is 3.96. The molecule has 0 saturated heterocycles. The normalized spacial score (nSPS) is 18.4. The van der Waals surface area contributed by atoms with Crippen molar-refractivity contribution in [2.75, 3.05) is 13.6 Å². The molecule has 0 aliphatic heterocycles. The van der Waals surface area contributed by atoms with E-state index in [1.54, 1.807) is 6.07 Å². The van der Waals surface area contributed by atoms with Crippen molar-refractivity contribution >= 4 is 0 Å². The minimum atomic E-state index is -4.30. The number of hydrogen-bond donors (Lipinski definition) is 1. The molecule has 1 aliphatic carbocycles. The Morgan fingerprint density at radius 3 is 2.53 bits per heavy atom. The van der Waals surface area contributed by atoms with Crippen LogP contribution in [0.1, 0.15) is 36.4 Å². The Hall–Kier alpha value is -1.07. The lowest BCUT2D eigenvalue weighted by Crippen LogP contribution is -2.42. The van der Waals surface area contributed by atoms with Gasteiger partial charge in [-0.1, -0.05) is 18.6 Å². The van der Waals surface area contributed by atoms with Crippen molar-refractivity contribution in [2.24, 2.45) is 5.73 Å². The van der Waals surface area contributed by atoms with E-state index in [0.29, 0.717) is 18.2 Å². The van der Waals surface area contributed by atoms with Crippen molar-refractivity contribution in [3.63, 3.8) is 0 Å². The van der Waals surface area contributed by atoms with Gasteiger partial charge in [0.2, 0.25) is 0 Å². The molecule has 5 heteroatoms. The predicted octanol–water partition coefficient (Wildman–Crippen LogP) is 3.19. The quantitative estimate of drug-likeness (QED) is 0.912. The van der Waals surface area contributed by atoms with E-state index in [0.717, 1.165) is 18.9 Å². The van der Waals surface area contributed by atoms with Crippen molar-refractivity contribution in [3.05, 3.63) is 35.4 Å². The van der Waals surface area contributed by atoms with Gasteiger partial charge in [0.15, 0.2) is 0 Å². The first-order valence-electron chi connectivity index (χ1n) is 6.52. The summed E-state index contributed by atoms with van der Waals surface area (Å²) < 4.78 is 38.2. The van der Waals surface area contributed by atoms with Gasteiger partial charge in [0.1, 0.15) is 0 Å². The highest BCUT2D eigenvalue weighted by Crippen LogP contribution is 2.34. The maximum absolute atomic E-state index is 12.7. The minimum Gasteiger partial charge on any atom is -0.329 e. The van der Waals surface area contributed by atoms with E-state index in [2.05, 4.69) is 4.90 Å². The van der Waals surface area contributed by atoms with Crippen LogP contribution in [0.3, 0.4) is 0 Å². The van der Waals surface area contributed by atoms with Crippen LogP contribution in [0.15, 0.2) is 24.3 Å². The molecule has 2 N–H and O–H groups in total. The Balaban J connectivity index is 2.22. The van der Waals surface area contributed by atoms with Crippen molar-refractivity contribution in [2.45, 2.75) is 37.5 Å². The fourth-order valence-electron chi connectivity index (χ4n) is 2.51. The van der Waals surface area contributed by atoms with E-state index in [9.17, 15) is 13.2 Å². The second kappa shape index (κ2) is 5.51. The summed E-state index contributed by atoms with van der Waals surface area (Å²) in [7, 11) is 1.95. The highest BCUT2D eigenvalue weighted by atomic mass is 19.4. The van der Waals surface area contributed by atoms with Gasteiger partial charge in [-0.25, -0.2) is 0 Å². The highest BCUT2D eigenvalue weighted by molar-refractivity contribution is 5.28. The van der Waals surface area contributed by atoms with Gasteiger partial charge in [-0.05, 0) is 37.6 Å². The van der Waals surface area contributed by atoms with E-state index in [1.165, 1.54) is 18.6 Å². The Bertz CT molecular complexity index is 427. The topological polar surface area (TPSA) is 29.3 Å². The molecule has 0 bridgehead atoms. The fourth-order valence-corrected chi connectivity index (χ4v) is 2.51. The van der Waals surface area contributed by atoms with Crippen LogP contribution in [0.25, 0.3) is 0 Å². The zero-order chi connectivity index (χ0) is 14.0. The maximum Gasteiger partial charge on any atom is 0.416 e. The lowest BCUT2D eigenvalue weighted by Gasteiger charge is -2.40. The SMILES string of the molecule is CN(C1CCC1)C(CN)c1cccc(C(F)(F)F)c1. The molecule has 2 rings (SSSR count). The Kier molecular flexibility index (Phi) is 4.16. The molecule has 0 aromatic heterocycles. The van der Waals surface area contributed by atoms with Gasteiger partial charge in [-0.15, -0.1) is 0 Å². The lowest BCUT2D eigenvalue weighted by atomic mass is 9.89. The zero-order valence-corrected chi connectivity index (χ0v) is 11.0. The summed E-state index contributed by atoms with van der Waals surface area (Å²) in [6.07, 6.45) is -0.906. The molecule has 1 aromatic carbocycles. The van der Waals surface area contributed by atoms with Crippen molar-refractivity contribution in [3.8, 4) is 0 Å². The number of benzene rings is 1. The molecule has 1 fully saturated rings. The molecule has 1 aliphatic rings. The Morgan fingerprint density at radius 1 is 1.37 bits per heavy atom. The summed E-state index contributed by atoms with van der Waals surface area (Å²) in [5.41, 5.74) is 5.80. The highest BCUT2D eigenvalue weighted by Gasteiger charge is 2.32. The summed E-state index contributed by atoms with van der Waals surface area (Å²) in [5.74, 6) is 0. The summed E-state index contributed by atoms with van der Waals surface area (Å²) in [6.45, 7) is 0.328. The maximum atomic E-state index is 12.7. The van der Waals surface area contributed by atoms with Crippen LogP contribution in [0.2, 0.25) is 0 Å². The molecule has 1 aromatic rings. The number of rotatable bonds is 4. The van der Waals surface area contributed by atoms with Crippen LogP contribution in [0, 0.1) is 0 Å². The second-order valence-corrected chi connectivity index (χ2v) is 5.12. The average Bonchev–Trinajstić information content (AvgIpc) is 2.27. The van der Waals surface area contributed by atoms with Crippen LogP contribution in [0.4, 0.5) is 13.2 Å². The Morgan fingerprint density at radius 2 is 2.05 bits per heavy atom. The van der Waals surface area contributed by atoms with Crippen LogP contribution < -0.4 is 5.73 Å². The number of alkyl halides is 3. The first kappa shape index (κ1) is 14.3. The molecule has 1 unspecified atom stereocenters. The van der Waals surface area contributed by atoms with Gasteiger partial charge in [0.25, 0.3) is 0 Å². The zero-order valence-electron chi connectivity index (χ0n) is 11.0. The van der Waals surface area contributed by atoms with E-state index in [-0.39, 0.29) is 6.04 Å². The van der Waals surface area contributed by atoms with Crippen molar-refractivity contribution in [1.29, 1.82) is 0 Å². The van der Waals surface area contributed by atoms with Crippen molar-refractivity contribution < 1.29 is 13.2 Å². The third-order valence-corrected chi connectivity index (χ3v) is 3.96. The standard InChI is InChI=1S/C14H19F3N2/c1-19(12-6-3-7-12)13(9-18)10-4-2-5-11(8-10)14(15,16)17/h2,4-5,8,12-13H,3,6-7,9,18H2,1H3. The van der Waals surface area contributed by atoms with Gasteiger partial charge < -0.3 is 5.73 Å². The summed E-state index contributed by atoms with van der Waals surface area (Å²) >= 11 is 0. The van der Waals surface area contributed by atoms with E-state index in [4.69, 9.17) is 5.73 Å². The molecule has 0 spiro atoms.